The quantitative estimate of drug-likeness (QED) is 0.712. The number of carbonyl (C=O) groups excluding carboxylic acids is 1. The highest BCUT2D eigenvalue weighted by molar-refractivity contribution is 6.29. The van der Waals surface area contributed by atoms with E-state index < -0.39 is 5.60 Å². The molecule has 4 heterocycles. The van der Waals surface area contributed by atoms with Crippen LogP contribution >= 0.6 is 11.6 Å². The summed E-state index contributed by atoms with van der Waals surface area (Å²) >= 11 is 6.26. The Morgan fingerprint density at radius 2 is 2.16 bits per heavy atom. The first-order chi connectivity index (χ1) is 14.8. The number of piperidine rings is 1. The summed E-state index contributed by atoms with van der Waals surface area (Å²) in [5.74, 6) is 0. The van der Waals surface area contributed by atoms with E-state index in [1.54, 1.807) is 6.20 Å². The lowest BCUT2D eigenvalue weighted by Crippen LogP contribution is -2.49. The van der Waals surface area contributed by atoms with Crippen LogP contribution in [0.1, 0.15) is 46.1 Å². The predicted molar refractivity (Wildman–Crippen MR) is 120 cm³/mol. The second-order valence-corrected chi connectivity index (χ2v) is 9.57. The van der Waals surface area contributed by atoms with Crippen molar-refractivity contribution < 1.29 is 14.3 Å². The molecule has 2 aliphatic rings. The Hall–Kier alpha value is -2.32. The minimum absolute atomic E-state index is 0.00162. The molecule has 31 heavy (non-hydrogen) atoms. The lowest BCUT2D eigenvalue weighted by atomic mass is 10.0. The van der Waals surface area contributed by atoms with Crippen molar-refractivity contribution in [3.63, 3.8) is 0 Å². The number of amides is 1. The normalized spacial score (nSPS) is 21.9. The maximum Gasteiger partial charge on any atom is 0.407 e. The number of aromatic nitrogens is 3. The van der Waals surface area contributed by atoms with Gasteiger partial charge in [-0.15, -0.1) is 0 Å². The third-order valence-corrected chi connectivity index (χ3v) is 5.73. The third-order valence-electron chi connectivity index (χ3n) is 5.52. The Balaban J connectivity index is 1.52. The lowest BCUT2D eigenvalue weighted by Gasteiger charge is -2.36. The van der Waals surface area contributed by atoms with E-state index in [1.165, 1.54) is 0 Å². The number of halogens is 1. The molecule has 2 atom stereocenters. The molecule has 1 amide bonds. The Labute approximate surface area is 187 Å². The van der Waals surface area contributed by atoms with Gasteiger partial charge in [0.05, 0.1) is 18.8 Å². The van der Waals surface area contributed by atoms with Crippen LogP contribution in [-0.2, 0) is 9.47 Å². The number of nitrogens with zero attached hydrogens (tertiary/aromatic N) is 4. The van der Waals surface area contributed by atoms with Crippen molar-refractivity contribution >= 4 is 23.4 Å². The van der Waals surface area contributed by atoms with Crippen LogP contribution in [0.2, 0.25) is 5.15 Å². The zero-order valence-corrected chi connectivity index (χ0v) is 19.1. The summed E-state index contributed by atoms with van der Waals surface area (Å²) in [6, 6.07) is 2.17. The fourth-order valence-electron chi connectivity index (χ4n) is 4.10. The number of carbonyl (C=O) groups is 1. The summed E-state index contributed by atoms with van der Waals surface area (Å²) in [5.41, 5.74) is 2.45. The van der Waals surface area contributed by atoms with Gasteiger partial charge in [0.15, 0.2) is 0 Å². The van der Waals surface area contributed by atoms with Gasteiger partial charge in [-0.1, -0.05) is 11.6 Å². The molecule has 2 fully saturated rings. The van der Waals surface area contributed by atoms with E-state index in [4.69, 9.17) is 21.1 Å². The smallest absolute Gasteiger partial charge is 0.407 e. The van der Waals surface area contributed by atoms with E-state index in [0.29, 0.717) is 18.3 Å². The molecule has 0 aromatic carbocycles. The van der Waals surface area contributed by atoms with Crippen molar-refractivity contribution in [3.05, 3.63) is 29.8 Å². The molecule has 0 unspecified atom stereocenters. The van der Waals surface area contributed by atoms with E-state index in [2.05, 4.69) is 20.3 Å². The number of hydrogen-bond donors (Lipinski definition) is 1. The maximum atomic E-state index is 12.2. The first-order valence-corrected chi connectivity index (χ1v) is 11.2. The standard InChI is InChI=1S/C22H30ClN5O3/c1-22(2,3)31-21(29)26-16-5-4-7-27(13-16)19-9-20(23)24-11-18(19)15-10-25-28(12-15)17-6-8-30-14-17/h9-12,16-17H,4-8,13-14H2,1-3H3,(H,26,29)/t16-,17+/m0/s1. The van der Waals surface area contributed by atoms with Gasteiger partial charge in [0.25, 0.3) is 0 Å². The van der Waals surface area contributed by atoms with Crippen LogP contribution < -0.4 is 10.2 Å². The average molecular weight is 448 g/mol. The van der Waals surface area contributed by atoms with Gasteiger partial charge in [0.2, 0.25) is 0 Å². The molecule has 4 rings (SSSR count). The van der Waals surface area contributed by atoms with Crippen LogP contribution in [0.4, 0.5) is 10.5 Å². The van der Waals surface area contributed by atoms with Gasteiger partial charge < -0.3 is 19.7 Å². The highest BCUT2D eigenvalue weighted by Crippen LogP contribution is 2.34. The monoisotopic (exact) mass is 447 g/mol. The highest BCUT2D eigenvalue weighted by atomic mass is 35.5. The highest BCUT2D eigenvalue weighted by Gasteiger charge is 2.27. The van der Waals surface area contributed by atoms with Crippen molar-refractivity contribution in [2.24, 2.45) is 0 Å². The molecular formula is C22H30ClN5O3. The Kier molecular flexibility index (Phi) is 6.39. The number of hydrogen-bond acceptors (Lipinski definition) is 6. The van der Waals surface area contributed by atoms with E-state index in [-0.39, 0.29) is 18.2 Å². The number of alkyl carbamates (subject to hydrolysis) is 1. The van der Waals surface area contributed by atoms with Crippen molar-refractivity contribution in [1.82, 2.24) is 20.1 Å². The SMILES string of the molecule is CC(C)(C)OC(=O)N[C@H]1CCCN(c2cc(Cl)ncc2-c2cnn([C@@H]3CCOC3)c2)C1. The second kappa shape index (κ2) is 9.04. The summed E-state index contributed by atoms with van der Waals surface area (Å²) in [7, 11) is 0. The number of rotatable bonds is 4. The molecule has 0 spiro atoms. The number of ether oxygens (including phenoxy) is 2. The summed E-state index contributed by atoms with van der Waals surface area (Å²) in [4.78, 5) is 18.8. The molecule has 168 valence electrons. The Bertz CT molecular complexity index is 920. The van der Waals surface area contributed by atoms with Gasteiger partial charge in [-0.3, -0.25) is 4.68 Å². The summed E-state index contributed by atoms with van der Waals surface area (Å²) in [6.45, 7) is 8.61. The molecule has 2 saturated heterocycles. The van der Waals surface area contributed by atoms with Crippen LogP contribution in [0.25, 0.3) is 11.1 Å². The predicted octanol–water partition coefficient (Wildman–Crippen LogP) is 4.05. The van der Waals surface area contributed by atoms with E-state index >= 15 is 0 Å². The fourth-order valence-corrected chi connectivity index (χ4v) is 4.25. The van der Waals surface area contributed by atoms with Crippen molar-refractivity contribution in [3.8, 4) is 11.1 Å². The van der Waals surface area contributed by atoms with Crippen LogP contribution in [0.5, 0.6) is 0 Å². The van der Waals surface area contributed by atoms with Crippen LogP contribution in [0, 0.1) is 0 Å². The van der Waals surface area contributed by atoms with Gasteiger partial charge >= 0.3 is 6.09 Å². The van der Waals surface area contributed by atoms with Crippen molar-refractivity contribution in [2.75, 3.05) is 31.2 Å². The fraction of sp³-hybridized carbons (Fsp3) is 0.591. The summed E-state index contributed by atoms with van der Waals surface area (Å²) in [6.07, 6.45) is 8.17. The van der Waals surface area contributed by atoms with Crippen LogP contribution in [0.15, 0.2) is 24.7 Å². The second-order valence-electron chi connectivity index (χ2n) is 9.18. The molecule has 2 aromatic rings. The molecule has 0 radical (unpaired) electrons. The van der Waals surface area contributed by atoms with Gasteiger partial charge in [-0.25, -0.2) is 9.78 Å². The van der Waals surface area contributed by atoms with E-state index in [1.807, 2.05) is 43.9 Å². The lowest BCUT2D eigenvalue weighted by molar-refractivity contribution is 0.0500. The largest absolute Gasteiger partial charge is 0.444 e. The summed E-state index contributed by atoms with van der Waals surface area (Å²) < 4.78 is 12.9. The zero-order valence-electron chi connectivity index (χ0n) is 18.3. The van der Waals surface area contributed by atoms with Crippen LogP contribution in [-0.4, -0.2) is 58.8 Å². The summed E-state index contributed by atoms with van der Waals surface area (Å²) in [5, 5.41) is 8.01. The molecule has 0 bridgehead atoms. The minimum atomic E-state index is -0.519. The number of nitrogens with one attached hydrogen (secondary N) is 1. The molecule has 0 aliphatic carbocycles. The van der Waals surface area contributed by atoms with Crippen molar-refractivity contribution in [1.29, 1.82) is 0 Å². The average Bonchev–Trinajstić information content (AvgIpc) is 3.38. The molecule has 2 aliphatic heterocycles. The first kappa shape index (κ1) is 21.9. The molecule has 0 saturated carbocycles. The van der Waals surface area contributed by atoms with Gasteiger partial charge in [0, 0.05) is 54.9 Å². The molecular weight excluding hydrogens is 418 g/mol. The van der Waals surface area contributed by atoms with Crippen molar-refractivity contribution in [2.45, 2.75) is 57.7 Å². The molecule has 8 nitrogen and oxygen atoms in total. The number of anilines is 1. The zero-order chi connectivity index (χ0) is 22.0. The van der Waals surface area contributed by atoms with Gasteiger partial charge in [-0.05, 0) is 46.1 Å². The Morgan fingerprint density at radius 1 is 1.32 bits per heavy atom. The molecule has 1 N–H and O–H groups in total. The topological polar surface area (TPSA) is 81.5 Å². The van der Waals surface area contributed by atoms with E-state index in [9.17, 15) is 4.79 Å². The Morgan fingerprint density at radius 3 is 2.90 bits per heavy atom. The minimum Gasteiger partial charge on any atom is -0.444 e. The van der Waals surface area contributed by atoms with Gasteiger partial charge in [0.1, 0.15) is 10.8 Å². The number of pyridine rings is 1. The molecule has 9 heteroatoms. The third kappa shape index (κ3) is 5.49. The van der Waals surface area contributed by atoms with Crippen LogP contribution in [0.3, 0.4) is 0 Å². The van der Waals surface area contributed by atoms with Gasteiger partial charge in [-0.2, -0.15) is 5.10 Å². The first-order valence-electron chi connectivity index (χ1n) is 10.8. The van der Waals surface area contributed by atoms with E-state index in [0.717, 1.165) is 49.2 Å². The molecule has 2 aromatic heterocycles. The maximum absolute atomic E-state index is 12.2.